The van der Waals surface area contributed by atoms with Crippen LogP contribution in [0, 0.1) is 23.0 Å². The maximum atomic E-state index is 15.1. The molecule has 0 atom stereocenters. The summed E-state index contributed by atoms with van der Waals surface area (Å²) in [4.78, 5) is 4.48. The first-order chi connectivity index (χ1) is 16.1. The summed E-state index contributed by atoms with van der Waals surface area (Å²) in [6, 6.07) is 19.9. The fourth-order valence-corrected chi connectivity index (χ4v) is 3.95. The number of hydrogen-bond acceptors (Lipinski definition) is 3. The minimum atomic E-state index is -0.539. The van der Waals surface area contributed by atoms with Gasteiger partial charge in [0.1, 0.15) is 17.7 Å². The molecule has 166 valence electrons. The molecule has 1 aromatic heterocycles. The lowest BCUT2D eigenvalue weighted by Crippen LogP contribution is -1.98. The number of aryl methyl sites for hydroxylation is 4. The third-order valence-electron chi connectivity index (χ3n) is 5.80. The van der Waals surface area contributed by atoms with E-state index in [-0.39, 0.29) is 11.4 Å². The highest BCUT2D eigenvalue weighted by molar-refractivity contribution is 5.84. The number of nitriles is 1. The van der Waals surface area contributed by atoms with Gasteiger partial charge in [-0.25, -0.2) is 8.78 Å². The smallest absolute Gasteiger partial charge is 0.141 e. The molecule has 0 spiro atoms. The van der Waals surface area contributed by atoms with Gasteiger partial charge in [0.25, 0.3) is 0 Å². The van der Waals surface area contributed by atoms with Crippen LogP contribution in [0.4, 0.5) is 8.78 Å². The van der Waals surface area contributed by atoms with Gasteiger partial charge in [-0.05, 0) is 71.5 Å². The van der Waals surface area contributed by atoms with Crippen molar-refractivity contribution >= 4 is 10.8 Å². The molecule has 0 aliphatic rings. The first-order valence-corrected chi connectivity index (χ1v) is 10.9. The third kappa shape index (κ3) is 5.42. The van der Waals surface area contributed by atoms with E-state index in [4.69, 9.17) is 10.00 Å². The Morgan fingerprint density at radius 2 is 1.61 bits per heavy atom. The van der Waals surface area contributed by atoms with Crippen molar-refractivity contribution in [1.82, 2.24) is 4.98 Å². The van der Waals surface area contributed by atoms with Crippen molar-refractivity contribution in [3.8, 4) is 6.07 Å². The first kappa shape index (κ1) is 22.6. The van der Waals surface area contributed by atoms with Crippen LogP contribution in [-0.2, 0) is 37.0 Å². The van der Waals surface area contributed by atoms with Crippen molar-refractivity contribution < 1.29 is 13.5 Å². The predicted octanol–water partition coefficient (Wildman–Crippen LogP) is 6.10. The molecule has 0 amide bonds. The first-order valence-electron chi connectivity index (χ1n) is 10.9. The molecule has 0 aliphatic carbocycles. The highest BCUT2D eigenvalue weighted by Gasteiger charge is 2.10. The molecule has 5 heteroatoms. The monoisotopic (exact) mass is 442 g/mol. The number of fused-ring (bicyclic) bond motifs is 1. The van der Waals surface area contributed by atoms with Crippen LogP contribution < -0.4 is 0 Å². The Bertz CT molecular complexity index is 1310. The van der Waals surface area contributed by atoms with Crippen molar-refractivity contribution in [3.63, 3.8) is 0 Å². The maximum absolute atomic E-state index is 15.1. The molecule has 3 nitrogen and oxygen atoms in total. The van der Waals surface area contributed by atoms with E-state index in [1.165, 1.54) is 12.1 Å². The van der Waals surface area contributed by atoms with Crippen LogP contribution in [-0.4, -0.2) is 12.1 Å². The zero-order valence-corrected chi connectivity index (χ0v) is 18.4. The van der Waals surface area contributed by atoms with Crippen LogP contribution in [0.1, 0.15) is 33.5 Å². The summed E-state index contributed by atoms with van der Waals surface area (Å²) in [5.41, 5.74) is 4.54. The van der Waals surface area contributed by atoms with Crippen LogP contribution in [0.5, 0.6) is 0 Å². The zero-order valence-electron chi connectivity index (χ0n) is 18.4. The van der Waals surface area contributed by atoms with Crippen molar-refractivity contribution in [3.05, 3.63) is 112 Å². The van der Waals surface area contributed by atoms with E-state index in [0.29, 0.717) is 30.4 Å². The molecule has 0 radical (unpaired) electrons. The Balaban J connectivity index is 1.43. The van der Waals surface area contributed by atoms with Gasteiger partial charge in [-0.15, -0.1) is 0 Å². The third-order valence-corrected chi connectivity index (χ3v) is 5.80. The molecular weight excluding hydrogens is 418 g/mol. The van der Waals surface area contributed by atoms with Crippen LogP contribution in [0.15, 0.2) is 66.9 Å². The number of benzene rings is 3. The lowest BCUT2D eigenvalue weighted by molar-refractivity contribution is 0.184. The molecule has 0 saturated carbocycles. The SMILES string of the molecule is COCc1ccc(CCc2ccc3c(F)c(CCc4ccc(C#N)c(F)c4)ccc3c2)nc1. The average molecular weight is 443 g/mol. The Labute approximate surface area is 192 Å². The molecule has 0 aliphatic heterocycles. The fraction of sp³-hybridized carbons (Fsp3) is 0.214. The topological polar surface area (TPSA) is 45.9 Å². The lowest BCUT2D eigenvalue weighted by atomic mass is 9.97. The molecule has 1 heterocycles. The van der Waals surface area contributed by atoms with E-state index in [9.17, 15) is 4.39 Å². The summed E-state index contributed by atoms with van der Waals surface area (Å²) >= 11 is 0. The number of aromatic nitrogens is 1. The van der Waals surface area contributed by atoms with E-state index in [1.807, 2.05) is 48.7 Å². The van der Waals surface area contributed by atoms with Gasteiger partial charge in [0.15, 0.2) is 0 Å². The van der Waals surface area contributed by atoms with Gasteiger partial charge < -0.3 is 4.74 Å². The van der Waals surface area contributed by atoms with Crippen LogP contribution in [0.25, 0.3) is 10.8 Å². The Morgan fingerprint density at radius 1 is 0.848 bits per heavy atom. The van der Waals surface area contributed by atoms with Crippen molar-refractivity contribution in [2.24, 2.45) is 0 Å². The van der Waals surface area contributed by atoms with Gasteiger partial charge in [-0.2, -0.15) is 5.26 Å². The number of methoxy groups -OCH3 is 1. The van der Waals surface area contributed by atoms with Crippen LogP contribution in [0.3, 0.4) is 0 Å². The summed E-state index contributed by atoms with van der Waals surface area (Å²) < 4.78 is 34.0. The zero-order chi connectivity index (χ0) is 23.2. The van der Waals surface area contributed by atoms with Crippen LogP contribution >= 0.6 is 0 Å². The van der Waals surface area contributed by atoms with E-state index in [2.05, 4.69) is 4.98 Å². The number of pyridine rings is 1. The van der Waals surface area contributed by atoms with Gasteiger partial charge in [0.2, 0.25) is 0 Å². The van der Waals surface area contributed by atoms with Crippen molar-refractivity contribution in [1.29, 1.82) is 5.26 Å². The second kappa shape index (κ2) is 10.3. The molecule has 0 bridgehead atoms. The summed E-state index contributed by atoms with van der Waals surface area (Å²) in [6.45, 7) is 0.551. The minimum absolute atomic E-state index is 0.0188. The second-order valence-corrected chi connectivity index (χ2v) is 8.11. The minimum Gasteiger partial charge on any atom is -0.380 e. The molecule has 0 N–H and O–H groups in total. The predicted molar refractivity (Wildman–Crippen MR) is 125 cm³/mol. The number of nitrogens with zero attached hydrogens (tertiary/aromatic N) is 2. The van der Waals surface area contributed by atoms with Gasteiger partial charge in [-0.1, -0.05) is 42.5 Å². The number of halogens is 2. The lowest BCUT2D eigenvalue weighted by Gasteiger charge is -2.09. The van der Waals surface area contributed by atoms with E-state index in [1.54, 1.807) is 19.2 Å². The fourth-order valence-electron chi connectivity index (χ4n) is 3.95. The van der Waals surface area contributed by atoms with Crippen molar-refractivity contribution in [2.75, 3.05) is 7.11 Å². The summed E-state index contributed by atoms with van der Waals surface area (Å²) in [5.74, 6) is -0.772. The summed E-state index contributed by atoms with van der Waals surface area (Å²) in [6.07, 6.45) is 4.42. The van der Waals surface area contributed by atoms with Gasteiger partial charge >= 0.3 is 0 Å². The summed E-state index contributed by atoms with van der Waals surface area (Å²) in [7, 11) is 1.66. The number of rotatable bonds is 8. The van der Waals surface area contributed by atoms with Crippen LogP contribution in [0.2, 0.25) is 0 Å². The van der Waals surface area contributed by atoms with E-state index < -0.39 is 5.82 Å². The molecule has 3 aromatic carbocycles. The van der Waals surface area contributed by atoms with Crippen molar-refractivity contribution in [2.45, 2.75) is 32.3 Å². The quantitative estimate of drug-likeness (QED) is 0.331. The standard InChI is InChI=1S/C28H24F2N2O/c1-33-18-21-5-12-25(32-17-21)11-4-19-6-13-26-23(14-19)10-9-22(28(26)30)7-2-20-3-8-24(16-31)27(29)15-20/h3,5-6,8-10,12-15,17H,2,4,7,11,18H2,1H3. The Morgan fingerprint density at radius 3 is 2.33 bits per heavy atom. The van der Waals surface area contributed by atoms with Gasteiger partial charge in [0, 0.05) is 24.4 Å². The second-order valence-electron chi connectivity index (χ2n) is 8.11. The van der Waals surface area contributed by atoms with E-state index in [0.717, 1.165) is 40.6 Å². The highest BCUT2D eigenvalue weighted by atomic mass is 19.1. The highest BCUT2D eigenvalue weighted by Crippen LogP contribution is 2.24. The molecule has 0 unspecified atom stereocenters. The largest absolute Gasteiger partial charge is 0.380 e. The molecule has 33 heavy (non-hydrogen) atoms. The molecule has 0 fully saturated rings. The Hall–Kier alpha value is -3.62. The maximum Gasteiger partial charge on any atom is 0.141 e. The average Bonchev–Trinajstić information content (AvgIpc) is 2.83. The summed E-state index contributed by atoms with van der Waals surface area (Å²) in [5, 5.41) is 10.3. The van der Waals surface area contributed by atoms with Gasteiger partial charge in [-0.3, -0.25) is 4.98 Å². The molecular formula is C28H24F2N2O. The van der Waals surface area contributed by atoms with Gasteiger partial charge in [0.05, 0.1) is 12.2 Å². The molecule has 4 aromatic rings. The number of ether oxygens (including phenoxy) is 1. The van der Waals surface area contributed by atoms with E-state index >= 15 is 4.39 Å². The normalized spacial score (nSPS) is 11.0. The Kier molecular flexibility index (Phi) is 7.07. The molecule has 4 rings (SSSR count). The number of hydrogen-bond donors (Lipinski definition) is 0. The molecule has 0 saturated heterocycles.